The third kappa shape index (κ3) is 1.11. The summed E-state index contributed by atoms with van der Waals surface area (Å²) in [7, 11) is 0. The first-order chi connectivity index (χ1) is 6.41. The fraction of sp³-hybridized carbons (Fsp3) is 0.500. The van der Waals surface area contributed by atoms with Crippen LogP contribution in [0.1, 0.15) is 18.4 Å². The van der Waals surface area contributed by atoms with Crippen LogP contribution in [0.25, 0.3) is 0 Å². The average molecular weight is 233 g/mol. The first-order valence-electron chi connectivity index (χ1n) is 5.49. The molecule has 1 saturated heterocycles. The fourth-order valence-corrected chi connectivity index (χ4v) is 14.9. The van der Waals surface area contributed by atoms with Crippen LogP contribution in [0.5, 0.6) is 0 Å². The van der Waals surface area contributed by atoms with Gasteiger partial charge in [-0.05, 0) is 0 Å². The molecule has 1 aromatic rings. The molecule has 68 valence electrons. The van der Waals surface area contributed by atoms with Crippen LogP contribution in [0.4, 0.5) is 0 Å². The molecule has 0 amide bonds. The van der Waals surface area contributed by atoms with E-state index in [1.807, 2.05) is 4.40 Å². The van der Waals surface area contributed by atoms with Crippen molar-refractivity contribution in [2.75, 3.05) is 0 Å². The van der Waals surface area contributed by atoms with Gasteiger partial charge in [0.25, 0.3) is 0 Å². The first-order valence-corrected chi connectivity index (χ1v) is 11.0. The Labute approximate surface area is 82.7 Å². The van der Waals surface area contributed by atoms with Crippen LogP contribution in [-0.4, -0.2) is 13.3 Å². The monoisotopic (exact) mass is 234 g/mol. The van der Waals surface area contributed by atoms with Gasteiger partial charge in [0, 0.05) is 0 Å². The Morgan fingerprint density at radius 1 is 0.923 bits per heavy atom. The number of benzene rings is 1. The fourth-order valence-electron chi connectivity index (χ4n) is 3.34. The van der Waals surface area contributed by atoms with Crippen molar-refractivity contribution in [3.05, 3.63) is 29.8 Å². The molecule has 1 aromatic carbocycles. The third-order valence-corrected chi connectivity index (χ3v) is 15.5. The number of hydrogen-bond acceptors (Lipinski definition) is 0. The second kappa shape index (κ2) is 2.88. The van der Waals surface area contributed by atoms with Gasteiger partial charge < -0.3 is 0 Å². The molecule has 0 radical (unpaired) electrons. The van der Waals surface area contributed by atoms with Crippen LogP contribution in [0, 0.1) is 0 Å². The Hall–Kier alpha value is -0.237. The van der Waals surface area contributed by atoms with Gasteiger partial charge in [0.1, 0.15) is 0 Å². The predicted molar refractivity (Wildman–Crippen MR) is 59.2 cm³/mol. The minimum atomic E-state index is -1.42. The standard InChI is InChI=1S/C12H16Ge/c1-2-6-12-11(5-1)7-10-13(12)8-3-4-9-13/h1-2,5-6H,3-4,7-10H2. The molecule has 2 heterocycles. The van der Waals surface area contributed by atoms with Gasteiger partial charge in [0.15, 0.2) is 0 Å². The van der Waals surface area contributed by atoms with Crippen LogP contribution in [-0.2, 0) is 6.42 Å². The molecular formula is C12H16Ge. The quantitative estimate of drug-likeness (QED) is 0.604. The van der Waals surface area contributed by atoms with Gasteiger partial charge >= 0.3 is 82.5 Å². The molecule has 0 nitrogen and oxygen atoms in total. The summed E-state index contributed by atoms with van der Waals surface area (Å²) in [5, 5.41) is 4.88. The molecule has 3 rings (SSSR count). The molecule has 1 heteroatoms. The number of hydrogen-bond donors (Lipinski definition) is 0. The number of fused-ring (bicyclic) bond motifs is 2. The molecule has 0 saturated carbocycles. The summed E-state index contributed by atoms with van der Waals surface area (Å²) in [5.41, 5.74) is 1.71. The van der Waals surface area contributed by atoms with Gasteiger partial charge in [-0.2, -0.15) is 0 Å². The van der Waals surface area contributed by atoms with Crippen molar-refractivity contribution in [2.24, 2.45) is 0 Å². The van der Waals surface area contributed by atoms with E-state index < -0.39 is 13.3 Å². The minimum absolute atomic E-state index is 1.41. The van der Waals surface area contributed by atoms with Crippen LogP contribution >= 0.6 is 0 Å². The van der Waals surface area contributed by atoms with Gasteiger partial charge in [-0.3, -0.25) is 0 Å². The second-order valence-corrected chi connectivity index (χ2v) is 14.3. The molecule has 0 bridgehead atoms. The molecule has 0 atom stereocenters. The SMILES string of the molecule is c1cc[c]2c(c1)C[CH2][Ge]21[CH2]CC[CH2]1. The van der Waals surface area contributed by atoms with E-state index in [1.165, 1.54) is 19.3 Å². The zero-order valence-electron chi connectivity index (χ0n) is 8.05. The summed E-state index contributed by atoms with van der Waals surface area (Å²) < 4.78 is 1.88. The van der Waals surface area contributed by atoms with E-state index in [4.69, 9.17) is 0 Å². The third-order valence-electron chi connectivity index (χ3n) is 4.02. The summed E-state index contributed by atoms with van der Waals surface area (Å²) in [6.45, 7) is 0. The number of aryl methyl sites for hydroxylation is 1. The maximum atomic E-state index is 2.45. The maximum absolute atomic E-state index is 2.45. The predicted octanol–water partition coefficient (Wildman–Crippen LogP) is 2.69. The zero-order chi connectivity index (χ0) is 8.73. The van der Waals surface area contributed by atoms with Gasteiger partial charge in [-0.15, -0.1) is 0 Å². The molecule has 13 heavy (non-hydrogen) atoms. The van der Waals surface area contributed by atoms with Gasteiger partial charge in [-0.25, -0.2) is 0 Å². The van der Waals surface area contributed by atoms with Crippen LogP contribution in [0.2, 0.25) is 15.8 Å². The molecule has 1 spiro atoms. The van der Waals surface area contributed by atoms with Crippen LogP contribution < -0.4 is 4.40 Å². The molecule has 0 aliphatic carbocycles. The zero-order valence-corrected chi connectivity index (χ0v) is 10.2. The molecule has 0 aromatic heterocycles. The Morgan fingerprint density at radius 3 is 2.54 bits per heavy atom. The Balaban J connectivity index is 2.11. The van der Waals surface area contributed by atoms with Gasteiger partial charge in [0.05, 0.1) is 0 Å². The molecule has 1 fully saturated rings. The van der Waals surface area contributed by atoms with E-state index in [-0.39, 0.29) is 0 Å². The van der Waals surface area contributed by atoms with Crippen molar-refractivity contribution in [3.63, 3.8) is 0 Å². The van der Waals surface area contributed by atoms with Gasteiger partial charge in [-0.1, -0.05) is 0 Å². The van der Waals surface area contributed by atoms with E-state index in [0.717, 1.165) is 0 Å². The Bertz CT molecular complexity index is 324. The van der Waals surface area contributed by atoms with Gasteiger partial charge in [0.2, 0.25) is 0 Å². The topological polar surface area (TPSA) is 0 Å². The van der Waals surface area contributed by atoms with Crippen molar-refractivity contribution < 1.29 is 0 Å². The van der Waals surface area contributed by atoms with Crippen molar-refractivity contribution in [2.45, 2.75) is 35.0 Å². The van der Waals surface area contributed by atoms with E-state index in [2.05, 4.69) is 24.3 Å². The molecule has 0 unspecified atom stereocenters. The Morgan fingerprint density at radius 2 is 1.69 bits per heavy atom. The van der Waals surface area contributed by atoms with E-state index in [0.29, 0.717) is 0 Å². The second-order valence-electron chi connectivity index (χ2n) is 4.64. The summed E-state index contributed by atoms with van der Waals surface area (Å²) in [5.74, 6) is 0. The van der Waals surface area contributed by atoms with E-state index in [1.54, 1.807) is 21.3 Å². The molecule has 2 aliphatic rings. The molecule has 2 aliphatic heterocycles. The van der Waals surface area contributed by atoms with Crippen molar-refractivity contribution in [1.29, 1.82) is 0 Å². The normalized spacial score (nSPS) is 23.7. The summed E-state index contributed by atoms with van der Waals surface area (Å²) >= 11 is -1.42. The number of rotatable bonds is 0. The average Bonchev–Trinajstić information content (AvgIpc) is 2.78. The Kier molecular flexibility index (Phi) is 1.79. The van der Waals surface area contributed by atoms with E-state index in [9.17, 15) is 0 Å². The summed E-state index contributed by atoms with van der Waals surface area (Å²) in [4.78, 5) is 0. The molecular weight excluding hydrogens is 217 g/mol. The van der Waals surface area contributed by atoms with E-state index >= 15 is 0 Å². The first kappa shape index (κ1) is 8.10. The van der Waals surface area contributed by atoms with Crippen LogP contribution in [0.15, 0.2) is 24.3 Å². The van der Waals surface area contributed by atoms with Crippen molar-refractivity contribution in [3.8, 4) is 0 Å². The summed E-state index contributed by atoms with van der Waals surface area (Å²) in [6, 6.07) is 9.30. The molecule has 0 N–H and O–H groups in total. The van der Waals surface area contributed by atoms with Crippen LogP contribution in [0.3, 0.4) is 0 Å². The van der Waals surface area contributed by atoms with Crippen molar-refractivity contribution in [1.82, 2.24) is 0 Å². The van der Waals surface area contributed by atoms with Crippen molar-refractivity contribution >= 4 is 17.7 Å². The summed E-state index contributed by atoms with van der Waals surface area (Å²) in [6.07, 6.45) is 4.48.